The molecule has 0 fully saturated rings. The average molecular weight is 1700 g/mol. The number of anilines is 9. The Bertz CT molecular complexity index is 9000. The lowest BCUT2D eigenvalue weighted by Gasteiger charge is -2.26. The number of fused-ring (bicyclic) bond motifs is 30. The van der Waals surface area contributed by atoms with Crippen LogP contribution in [-0.4, -0.2) is 0 Å². The lowest BCUT2D eigenvalue weighted by molar-refractivity contribution is 0.666. The molecule has 27 rings (SSSR count). The standard InChI is InChI=1S/C46H29NO.C45H33N.C36H23NS/c1-2-10-30(11-3-1)32-18-22-35(23-19-32)47(36-24-20-31-12-4-5-13-33(31)28-36)37-25-27-38-34(29-37)21-26-42-44(38)39-14-6-7-15-40(39)45-41-16-8-9-17-43(41)48-46(42)45;1-45(2)41-20-12-11-19-39(41)43-40-27-23-32-29-35(26-28-36(32)42(40)37-17-9-10-18-38(37)44(43)45)46(33-15-7-4-8-16-33)34-24-21-31(22-25-34)30-13-5-3-6-14-30;1-3-9-26(10-4-1)37(27-11-5-2-6-12-27)28-18-20-29-25(23-28)16-15-24-17-19-33-31(35(24)29)21-22-32-30-13-7-8-14-34(30)38-36(32)33/h1-29H;3-29H,1-2H3;1-23H. The first-order chi connectivity index (χ1) is 65.2. The van der Waals surface area contributed by atoms with Crippen LogP contribution in [0.3, 0.4) is 0 Å². The van der Waals surface area contributed by atoms with Crippen LogP contribution in [0.25, 0.3) is 183 Å². The van der Waals surface area contributed by atoms with Gasteiger partial charge in [-0.2, -0.15) is 0 Å². The Morgan fingerprint density at radius 3 is 1.14 bits per heavy atom. The first-order valence-electron chi connectivity index (χ1n) is 45.5. The van der Waals surface area contributed by atoms with Crippen LogP contribution in [0, 0.1) is 0 Å². The van der Waals surface area contributed by atoms with E-state index in [9.17, 15) is 0 Å². The molecule has 1 aliphatic rings. The van der Waals surface area contributed by atoms with Gasteiger partial charge in [-0.15, -0.1) is 11.3 Å². The third-order valence-corrected chi connectivity index (χ3v) is 28.6. The minimum absolute atomic E-state index is 0.0647. The highest BCUT2D eigenvalue weighted by atomic mass is 32.1. The molecule has 132 heavy (non-hydrogen) atoms. The van der Waals surface area contributed by atoms with Gasteiger partial charge in [-0.05, 0) is 263 Å². The fourth-order valence-electron chi connectivity index (χ4n) is 21.3. The fraction of sp³-hybridized carbons (Fsp3) is 0.0236. The highest BCUT2D eigenvalue weighted by Crippen LogP contribution is 2.57. The molecule has 26 aromatic rings. The Labute approximate surface area is 768 Å². The van der Waals surface area contributed by atoms with Gasteiger partial charge in [-0.1, -0.05) is 366 Å². The summed E-state index contributed by atoms with van der Waals surface area (Å²) in [4.78, 5) is 7.05. The second-order valence-corrected chi connectivity index (χ2v) is 36.3. The number of rotatable bonds is 11. The summed E-state index contributed by atoms with van der Waals surface area (Å²) >= 11 is 1.90. The lowest BCUT2D eigenvalue weighted by Crippen LogP contribution is -2.15. The van der Waals surface area contributed by atoms with Gasteiger partial charge in [0.25, 0.3) is 0 Å². The molecule has 2 aromatic heterocycles. The number of benzene rings is 24. The molecule has 620 valence electrons. The molecule has 0 N–H and O–H groups in total. The van der Waals surface area contributed by atoms with Gasteiger partial charge in [0, 0.05) is 104 Å². The first-order valence-corrected chi connectivity index (χ1v) is 46.3. The zero-order valence-electron chi connectivity index (χ0n) is 72.8. The molecule has 0 spiro atoms. The van der Waals surface area contributed by atoms with E-state index >= 15 is 0 Å². The molecule has 0 radical (unpaired) electrons. The molecule has 24 aromatic carbocycles. The van der Waals surface area contributed by atoms with Crippen molar-refractivity contribution in [2.75, 3.05) is 14.7 Å². The van der Waals surface area contributed by atoms with E-state index in [0.29, 0.717) is 0 Å². The highest BCUT2D eigenvalue weighted by molar-refractivity contribution is 7.26. The van der Waals surface area contributed by atoms with E-state index in [1.54, 1.807) is 0 Å². The molecular formula is C127H85N3OS. The summed E-state index contributed by atoms with van der Waals surface area (Å²) in [6.45, 7) is 4.77. The van der Waals surface area contributed by atoms with Gasteiger partial charge in [0.15, 0.2) is 0 Å². The van der Waals surface area contributed by atoms with Crippen LogP contribution in [0.4, 0.5) is 51.2 Å². The molecule has 0 unspecified atom stereocenters. The Morgan fingerprint density at radius 1 is 0.212 bits per heavy atom. The van der Waals surface area contributed by atoms with Crippen molar-refractivity contribution in [1.82, 2.24) is 0 Å². The van der Waals surface area contributed by atoms with Crippen LogP contribution in [0.1, 0.15) is 25.0 Å². The summed E-state index contributed by atoms with van der Waals surface area (Å²) in [7, 11) is 0. The molecule has 0 amide bonds. The number of furan rings is 1. The second-order valence-electron chi connectivity index (χ2n) is 35.2. The molecule has 1 aliphatic carbocycles. The van der Waals surface area contributed by atoms with Crippen LogP contribution in [0.2, 0.25) is 0 Å². The van der Waals surface area contributed by atoms with Crippen molar-refractivity contribution >= 4 is 212 Å². The van der Waals surface area contributed by atoms with Gasteiger partial charge >= 0.3 is 0 Å². The quantitative estimate of drug-likeness (QED) is 0.120. The van der Waals surface area contributed by atoms with E-state index < -0.39 is 0 Å². The van der Waals surface area contributed by atoms with Crippen LogP contribution >= 0.6 is 11.3 Å². The highest BCUT2D eigenvalue weighted by Gasteiger charge is 2.39. The summed E-state index contributed by atoms with van der Waals surface area (Å²) in [6.07, 6.45) is 0. The van der Waals surface area contributed by atoms with Crippen molar-refractivity contribution in [3.63, 3.8) is 0 Å². The number of hydrogen-bond acceptors (Lipinski definition) is 5. The Kier molecular flexibility index (Phi) is 18.8. The van der Waals surface area contributed by atoms with Crippen molar-refractivity contribution in [3.8, 4) is 33.4 Å². The van der Waals surface area contributed by atoms with Crippen molar-refractivity contribution in [2.45, 2.75) is 19.3 Å². The third-order valence-electron chi connectivity index (χ3n) is 27.4. The maximum atomic E-state index is 6.57. The van der Waals surface area contributed by atoms with Gasteiger partial charge in [-0.3, -0.25) is 0 Å². The lowest BCUT2D eigenvalue weighted by atomic mass is 9.79. The molecule has 0 bridgehead atoms. The van der Waals surface area contributed by atoms with Gasteiger partial charge in [0.1, 0.15) is 11.2 Å². The average Bonchev–Trinajstić information content (AvgIpc) is 1.52. The van der Waals surface area contributed by atoms with Gasteiger partial charge in [-0.25, -0.2) is 0 Å². The largest absolute Gasteiger partial charge is 0.455 e. The van der Waals surface area contributed by atoms with Crippen LogP contribution in [0.5, 0.6) is 0 Å². The molecule has 0 saturated carbocycles. The topological polar surface area (TPSA) is 22.9 Å². The molecule has 5 heteroatoms. The van der Waals surface area contributed by atoms with Crippen molar-refractivity contribution < 1.29 is 4.42 Å². The predicted octanol–water partition coefficient (Wildman–Crippen LogP) is 36.9. The van der Waals surface area contributed by atoms with E-state index in [0.717, 1.165) is 73.1 Å². The summed E-state index contributed by atoms with van der Waals surface area (Å²) in [5.41, 5.74) is 22.5. The second kappa shape index (κ2) is 31.9. The summed E-state index contributed by atoms with van der Waals surface area (Å²) in [6, 6.07) is 174. The summed E-state index contributed by atoms with van der Waals surface area (Å²) in [5, 5.41) is 30.4. The molecular weight excluding hydrogens is 1620 g/mol. The van der Waals surface area contributed by atoms with Crippen molar-refractivity contribution in [1.29, 1.82) is 0 Å². The number of hydrogen-bond donors (Lipinski definition) is 0. The molecule has 4 nitrogen and oxygen atoms in total. The van der Waals surface area contributed by atoms with E-state index in [2.05, 4.69) is 502 Å². The first kappa shape index (κ1) is 77.6. The van der Waals surface area contributed by atoms with Crippen molar-refractivity contribution in [3.05, 3.63) is 490 Å². The van der Waals surface area contributed by atoms with E-state index in [1.807, 2.05) is 17.4 Å². The zero-order valence-corrected chi connectivity index (χ0v) is 73.6. The number of thiophene rings is 1. The minimum Gasteiger partial charge on any atom is -0.455 e. The molecule has 0 atom stereocenters. The van der Waals surface area contributed by atoms with E-state index in [-0.39, 0.29) is 5.41 Å². The van der Waals surface area contributed by atoms with Crippen LogP contribution in [-0.2, 0) is 5.41 Å². The third kappa shape index (κ3) is 13.1. The summed E-state index contributed by atoms with van der Waals surface area (Å²) in [5.74, 6) is 0. The fourth-order valence-corrected chi connectivity index (χ4v) is 22.6. The normalized spacial score (nSPS) is 12.2. The number of para-hydroxylation sites is 4. The maximum Gasteiger partial charge on any atom is 0.143 e. The summed E-state index contributed by atoms with van der Waals surface area (Å²) < 4.78 is 9.29. The van der Waals surface area contributed by atoms with E-state index in [1.165, 1.54) is 172 Å². The van der Waals surface area contributed by atoms with Gasteiger partial charge in [0.05, 0.1) is 0 Å². The Balaban J connectivity index is 0.000000107. The zero-order chi connectivity index (χ0) is 87.5. The number of nitrogens with zero attached hydrogens (tertiary/aromatic N) is 3. The monoisotopic (exact) mass is 1700 g/mol. The SMILES string of the molecule is CC1(C)c2ccccc2-c2c1c1ccccc1c1c2ccc2cc(N(c3ccccc3)c3ccc(-c4ccccc4)cc3)ccc21.c1ccc(-c2ccc(N(c3ccc4ccccc4c3)c3ccc4c(ccc5c6oc7ccccc7c6c6ccccc6c45)c3)cc2)cc1.c1ccc(N(c2ccccc2)c2ccc3c(ccc4ccc5c(ccc6c7ccccc7sc65)c43)c2)cc1. The van der Waals surface area contributed by atoms with Crippen LogP contribution < -0.4 is 14.7 Å². The predicted molar refractivity (Wildman–Crippen MR) is 567 cm³/mol. The van der Waals surface area contributed by atoms with E-state index in [4.69, 9.17) is 4.42 Å². The van der Waals surface area contributed by atoms with Crippen LogP contribution in [0.15, 0.2) is 484 Å². The molecule has 0 aliphatic heterocycles. The maximum absolute atomic E-state index is 6.57. The minimum atomic E-state index is -0.0647. The molecule has 0 saturated heterocycles. The molecule has 2 heterocycles. The van der Waals surface area contributed by atoms with Gasteiger partial charge < -0.3 is 19.1 Å². The van der Waals surface area contributed by atoms with Gasteiger partial charge in [0.2, 0.25) is 0 Å². The smallest absolute Gasteiger partial charge is 0.143 e. The Hall–Kier alpha value is -16.7. The van der Waals surface area contributed by atoms with Crippen molar-refractivity contribution in [2.24, 2.45) is 0 Å². The Morgan fingerprint density at radius 2 is 0.553 bits per heavy atom.